The highest BCUT2D eigenvalue weighted by atomic mass is 16.5. The second-order valence-corrected chi connectivity index (χ2v) is 6.90. The van der Waals surface area contributed by atoms with Gasteiger partial charge in [-0.05, 0) is 36.2 Å². The Kier molecular flexibility index (Phi) is 8.40. The van der Waals surface area contributed by atoms with E-state index in [4.69, 9.17) is 4.74 Å². The summed E-state index contributed by atoms with van der Waals surface area (Å²) in [7, 11) is 3.13. The van der Waals surface area contributed by atoms with Crippen LogP contribution in [0.25, 0.3) is 0 Å². The van der Waals surface area contributed by atoms with E-state index in [0.29, 0.717) is 17.0 Å². The number of benzene rings is 2. The second-order valence-electron chi connectivity index (χ2n) is 6.90. The lowest BCUT2D eigenvalue weighted by Gasteiger charge is -2.16. The Balaban J connectivity index is 1.78. The number of hydrogen-bond donors (Lipinski definition) is 1. The van der Waals surface area contributed by atoms with Crippen molar-refractivity contribution in [2.75, 3.05) is 26.0 Å². The number of ether oxygens (including phenoxy) is 1. The molecular weight excluding hydrogens is 368 g/mol. The van der Waals surface area contributed by atoms with Crippen molar-refractivity contribution >= 4 is 23.3 Å². The molecule has 29 heavy (non-hydrogen) atoms. The van der Waals surface area contributed by atoms with E-state index in [1.165, 1.54) is 10.5 Å². The van der Waals surface area contributed by atoms with Gasteiger partial charge in [-0.3, -0.25) is 14.4 Å². The lowest BCUT2D eigenvalue weighted by Crippen LogP contribution is -2.35. The number of rotatable bonds is 10. The van der Waals surface area contributed by atoms with E-state index >= 15 is 0 Å². The largest absolute Gasteiger partial charge is 0.497 e. The van der Waals surface area contributed by atoms with Crippen molar-refractivity contribution < 1.29 is 19.1 Å². The molecule has 0 fully saturated rings. The molecule has 0 saturated carbocycles. The molecule has 6 heteroatoms. The zero-order valence-corrected chi connectivity index (χ0v) is 17.2. The molecule has 0 saturated heterocycles. The van der Waals surface area contributed by atoms with Crippen LogP contribution in [0, 0.1) is 0 Å². The predicted octanol–water partition coefficient (Wildman–Crippen LogP) is 3.71. The number of nitrogens with zero attached hydrogens (tertiary/aromatic N) is 1. The quantitative estimate of drug-likeness (QED) is 0.621. The van der Waals surface area contributed by atoms with Gasteiger partial charge < -0.3 is 15.0 Å². The van der Waals surface area contributed by atoms with Gasteiger partial charge >= 0.3 is 0 Å². The monoisotopic (exact) mass is 396 g/mol. The van der Waals surface area contributed by atoms with Crippen molar-refractivity contribution in [2.24, 2.45) is 0 Å². The van der Waals surface area contributed by atoms with Gasteiger partial charge in [-0.15, -0.1) is 0 Å². The molecule has 1 N–H and O–H groups in total. The third-order valence-electron chi connectivity index (χ3n) is 4.56. The maximum atomic E-state index is 12.3. The fourth-order valence-electron chi connectivity index (χ4n) is 2.88. The number of aryl methyl sites for hydroxylation is 1. The zero-order chi connectivity index (χ0) is 21.2. The highest BCUT2D eigenvalue weighted by molar-refractivity contribution is 5.99. The number of anilines is 1. The molecule has 0 unspecified atom stereocenters. The first-order valence-corrected chi connectivity index (χ1v) is 9.73. The average Bonchev–Trinajstić information content (AvgIpc) is 2.73. The first-order chi connectivity index (χ1) is 13.9. The van der Waals surface area contributed by atoms with Gasteiger partial charge in [0.15, 0.2) is 5.78 Å². The normalized spacial score (nSPS) is 10.3. The Hall–Kier alpha value is -3.15. The smallest absolute Gasteiger partial charge is 0.243 e. The number of likely N-dealkylation sites (N-methyl/N-ethyl adjacent to an activating group) is 1. The molecule has 0 aliphatic rings. The van der Waals surface area contributed by atoms with Crippen LogP contribution in [-0.2, 0) is 16.0 Å². The number of amides is 2. The van der Waals surface area contributed by atoms with Crippen molar-refractivity contribution in [3.05, 3.63) is 59.7 Å². The van der Waals surface area contributed by atoms with Crippen molar-refractivity contribution in [3.8, 4) is 5.75 Å². The van der Waals surface area contributed by atoms with Crippen LogP contribution in [0.1, 0.15) is 42.1 Å². The van der Waals surface area contributed by atoms with E-state index in [0.717, 1.165) is 12.8 Å². The van der Waals surface area contributed by atoms with Gasteiger partial charge in [0, 0.05) is 31.1 Å². The van der Waals surface area contributed by atoms with E-state index in [9.17, 15) is 14.4 Å². The summed E-state index contributed by atoms with van der Waals surface area (Å²) in [5.41, 5.74) is 2.43. The van der Waals surface area contributed by atoms with Crippen LogP contribution in [0.3, 0.4) is 0 Å². The van der Waals surface area contributed by atoms with Gasteiger partial charge in [0.2, 0.25) is 11.8 Å². The number of ketones is 1. The summed E-state index contributed by atoms with van der Waals surface area (Å²) in [5.74, 6) is 0.0761. The van der Waals surface area contributed by atoms with E-state index in [1.807, 2.05) is 24.3 Å². The lowest BCUT2D eigenvalue weighted by molar-refractivity contribution is -0.133. The van der Waals surface area contributed by atoms with Crippen molar-refractivity contribution in [2.45, 2.75) is 32.6 Å². The van der Waals surface area contributed by atoms with Crippen LogP contribution in [0.4, 0.5) is 5.69 Å². The van der Waals surface area contributed by atoms with E-state index in [-0.39, 0.29) is 37.0 Å². The fourth-order valence-corrected chi connectivity index (χ4v) is 2.88. The molecule has 0 spiro atoms. The Labute approximate surface area is 171 Å². The Morgan fingerprint density at radius 1 is 0.966 bits per heavy atom. The first kappa shape index (κ1) is 22.1. The van der Waals surface area contributed by atoms with Crippen LogP contribution in [-0.4, -0.2) is 43.2 Å². The van der Waals surface area contributed by atoms with Gasteiger partial charge in [0.1, 0.15) is 5.75 Å². The number of carbonyl (C=O) groups excluding carboxylic acids is 3. The minimum absolute atomic E-state index is 0.0713. The number of methoxy groups -OCH3 is 1. The highest BCUT2D eigenvalue weighted by Crippen LogP contribution is 2.15. The first-order valence-electron chi connectivity index (χ1n) is 9.73. The van der Waals surface area contributed by atoms with Crippen LogP contribution < -0.4 is 10.1 Å². The van der Waals surface area contributed by atoms with Gasteiger partial charge in [0.25, 0.3) is 0 Å². The molecule has 2 rings (SSSR count). The molecule has 0 aliphatic carbocycles. The summed E-state index contributed by atoms with van der Waals surface area (Å²) < 4.78 is 5.07. The molecule has 6 nitrogen and oxygen atoms in total. The SMILES string of the molecule is CCCc1ccc(C(=O)CCC(=O)N(C)CC(=O)Nc2ccc(OC)cc2)cc1. The Morgan fingerprint density at radius 3 is 2.21 bits per heavy atom. The minimum atomic E-state index is -0.302. The molecule has 0 heterocycles. The zero-order valence-electron chi connectivity index (χ0n) is 17.2. The summed E-state index contributed by atoms with van der Waals surface area (Å²) >= 11 is 0. The average molecular weight is 396 g/mol. The summed E-state index contributed by atoms with van der Waals surface area (Å²) in [5, 5.41) is 2.73. The maximum absolute atomic E-state index is 12.3. The molecule has 0 atom stereocenters. The third-order valence-corrected chi connectivity index (χ3v) is 4.56. The standard InChI is InChI=1S/C23H28N2O4/c1-4-5-17-6-8-18(9-7-17)21(26)14-15-23(28)25(2)16-22(27)24-19-10-12-20(29-3)13-11-19/h6-13H,4-5,14-16H2,1-3H3,(H,24,27). The molecule has 0 radical (unpaired) electrons. The van der Waals surface area contributed by atoms with Gasteiger partial charge in [-0.1, -0.05) is 37.6 Å². The second kappa shape index (κ2) is 11.0. The molecule has 2 aromatic rings. The van der Waals surface area contributed by atoms with Crippen LogP contribution >= 0.6 is 0 Å². The van der Waals surface area contributed by atoms with Crippen molar-refractivity contribution in [1.82, 2.24) is 4.90 Å². The van der Waals surface area contributed by atoms with Crippen molar-refractivity contribution in [3.63, 3.8) is 0 Å². The lowest BCUT2D eigenvalue weighted by atomic mass is 10.0. The fraction of sp³-hybridized carbons (Fsp3) is 0.348. The van der Waals surface area contributed by atoms with Crippen LogP contribution in [0.15, 0.2) is 48.5 Å². The van der Waals surface area contributed by atoms with E-state index in [1.54, 1.807) is 38.4 Å². The minimum Gasteiger partial charge on any atom is -0.497 e. The summed E-state index contributed by atoms with van der Waals surface area (Å²) in [6.07, 6.45) is 2.23. The molecule has 0 bridgehead atoms. The number of carbonyl (C=O) groups is 3. The van der Waals surface area contributed by atoms with E-state index in [2.05, 4.69) is 12.2 Å². The number of hydrogen-bond acceptors (Lipinski definition) is 4. The molecular formula is C23H28N2O4. The molecule has 154 valence electrons. The highest BCUT2D eigenvalue weighted by Gasteiger charge is 2.15. The summed E-state index contributed by atoms with van der Waals surface area (Å²) in [4.78, 5) is 38.0. The van der Waals surface area contributed by atoms with Gasteiger partial charge in [-0.2, -0.15) is 0 Å². The van der Waals surface area contributed by atoms with Gasteiger partial charge in [0.05, 0.1) is 13.7 Å². The molecule has 2 amide bonds. The number of nitrogens with one attached hydrogen (secondary N) is 1. The molecule has 2 aromatic carbocycles. The third kappa shape index (κ3) is 7.07. The number of Topliss-reactive ketones (excluding diaryl/α,β-unsaturated/α-hetero) is 1. The Morgan fingerprint density at radius 2 is 1.62 bits per heavy atom. The summed E-state index contributed by atoms with van der Waals surface area (Å²) in [6, 6.07) is 14.5. The van der Waals surface area contributed by atoms with Crippen molar-refractivity contribution in [1.29, 1.82) is 0 Å². The topological polar surface area (TPSA) is 75.7 Å². The molecule has 0 aliphatic heterocycles. The van der Waals surface area contributed by atoms with Gasteiger partial charge in [-0.25, -0.2) is 0 Å². The maximum Gasteiger partial charge on any atom is 0.243 e. The Bertz CT molecular complexity index is 829. The predicted molar refractivity (Wildman–Crippen MR) is 113 cm³/mol. The van der Waals surface area contributed by atoms with Crippen LogP contribution in [0.2, 0.25) is 0 Å². The van der Waals surface area contributed by atoms with E-state index < -0.39 is 0 Å². The van der Waals surface area contributed by atoms with Crippen LogP contribution in [0.5, 0.6) is 5.75 Å². The molecule has 0 aromatic heterocycles. The summed E-state index contributed by atoms with van der Waals surface area (Å²) in [6.45, 7) is 2.03.